The second-order valence-electron chi connectivity index (χ2n) is 4.34. The first-order chi connectivity index (χ1) is 9.43. The SMILES string of the molecule is COC(=O)[C@H](CCC(C)=O)NC(=O)c1ccc(O)cc1. The van der Waals surface area contributed by atoms with Crippen LogP contribution in [0.25, 0.3) is 0 Å². The van der Waals surface area contributed by atoms with Gasteiger partial charge in [-0.05, 0) is 37.6 Å². The fourth-order valence-corrected chi connectivity index (χ4v) is 1.59. The highest BCUT2D eigenvalue weighted by molar-refractivity contribution is 5.97. The first kappa shape index (κ1) is 15.7. The van der Waals surface area contributed by atoms with Crippen LogP contribution < -0.4 is 5.32 Å². The molecule has 0 spiro atoms. The van der Waals surface area contributed by atoms with E-state index in [1.807, 2.05) is 0 Å². The van der Waals surface area contributed by atoms with Crippen LogP contribution in [0.2, 0.25) is 0 Å². The van der Waals surface area contributed by atoms with Gasteiger partial charge in [-0.2, -0.15) is 0 Å². The van der Waals surface area contributed by atoms with Crippen LogP contribution in [0.4, 0.5) is 0 Å². The van der Waals surface area contributed by atoms with Gasteiger partial charge in [-0.3, -0.25) is 4.79 Å². The fourth-order valence-electron chi connectivity index (χ4n) is 1.59. The molecule has 6 heteroatoms. The van der Waals surface area contributed by atoms with E-state index in [-0.39, 0.29) is 24.4 Å². The standard InChI is InChI=1S/C14H17NO5/c1-9(16)3-8-12(14(19)20-2)15-13(18)10-4-6-11(17)7-5-10/h4-7,12,17H,3,8H2,1-2H3,(H,15,18)/t12-/m0/s1. The van der Waals surface area contributed by atoms with Crippen molar-refractivity contribution in [3.05, 3.63) is 29.8 Å². The maximum Gasteiger partial charge on any atom is 0.328 e. The first-order valence-corrected chi connectivity index (χ1v) is 6.11. The fraction of sp³-hybridized carbons (Fsp3) is 0.357. The molecule has 1 amide bonds. The summed E-state index contributed by atoms with van der Waals surface area (Å²) in [5.41, 5.74) is 0.305. The largest absolute Gasteiger partial charge is 0.508 e. The van der Waals surface area contributed by atoms with Crippen LogP contribution in [0.15, 0.2) is 24.3 Å². The normalized spacial score (nSPS) is 11.5. The maximum absolute atomic E-state index is 11.9. The number of esters is 1. The van der Waals surface area contributed by atoms with Crippen LogP contribution in [-0.4, -0.2) is 35.9 Å². The minimum Gasteiger partial charge on any atom is -0.508 e. The summed E-state index contributed by atoms with van der Waals surface area (Å²) in [5.74, 6) is -1.09. The summed E-state index contributed by atoms with van der Waals surface area (Å²) < 4.78 is 4.60. The summed E-state index contributed by atoms with van der Waals surface area (Å²) in [6.07, 6.45) is 0.363. The number of ether oxygens (including phenoxy) is 1. The van der Waals surface area contributed by atoms with Crippen molar-refractivity contribution in [3.63, 3.8) is 0 Å². The van der Waals surface area contributed by atoms with Crippen molar-refractivity contribution < 1.29 is 24.2 Å². The van der Waals surface area contributed by atoms with Crippen molar-refractivity contribution in [1.29, 1.82) is 0 Å². The Morgan fingerprint density at radius 3 is 2.35 bits per heavy atom. The predicted molar refractivity (Wildman–Crippen MR) is 71.3 cm³/mol. The molecule has 20 heavy (non-hydrogen) atoms. The van der Waals surface area contributed by atoms with Crippen molar-refractivity contribution in [2.24, 2.45) is 0 Å². The number of phenolic OH excluding ortho intramolecular Hbond substituents is 1. The Kier molecular flexibility index (Phi) is 5.71. The lowest BCUT2D eigenvalue weighted by Gasteiger charge is -2.15. The molecule has 0 saturated heterocycles. The second-order valence-corrected chi connectivity index (χ2v) is 4.34. The van der Waals surface area contributed by atoms with Gasteiger partial charge in [0.25, 0.3) is 5.91 Å². The van der Waals surface area contributed by atoms with Crippen molar-refractivity contribution in [2.45, 2.75) is 25.8 Å². The number of hydrogen-bond acceptors (Lipinski definition) is 5. The third kappa shape index (κ3) is 4.72. The van der Waals surface area contributed by atoms with Gasteiger partial charge < -0.3 is 20.0 Å². The molecule has 0 aromatic heterocycles. The molecule has 0 heterocycles. The van der Waals surface area contributed by atoms with Gasteiger partial charge in [0.05, 0.1) is 7.11 Å². The third-order valence-corrected chi connectivity index (χ3v) is 2.71. The monoisotopic (exact) mass is 279 g/mol. The number of benzene rings is 1. The number of amides is 1. The van der Waals surface area contributed by atoms with E-state index < -0.39 is 17.9 Å². The van der Waals surface area contributed by atoms with Crippen LogP contribution in [0.5, 0.6) is 5.75 Å². The zero-order chi connectivity index (χ0) is 15.1. The highest BCUT2D eigenvalue weighted by Gasteiger charge is 2.22. The van der Waals surface area contributed by atoms with E-state index in [4.69, 9.17) is 5.11 Å². The molecule has 1 aromatic carbocycles. The number of methoxy groups -OCH3 is 1. The zero-order valence-electron chi connectivity index (χ0n) is 11.4. The summed E-state index contributed by atoms with van der Waals surface area (Å²) in [7, 11) is 1.22. The molecule has 0 bridgehead atoms. The van der Waals surface area contributed by atoms with Crippen molar-refractivity contribution in [2.75, 3.05) is 7.11 Å². The number of hydrogen-bond donors (Lipinski definition) is 2. The van der Waals surface area contributed by atoms with E-state index in [0.29, 0.717) is 5.56 Å². The minimum absolute atomic E-state index is 0.0441. The lowest BCUT2D eigenvalue weighted by Crippen LogP contribution is -2.41. The smallest absolute Gasteiger partial charge is 0.328 e. The van der Waals surface area contributed by atoms with Gasteiger partial charge in [0.15, 0.2) is 0 Å². The van der Waals surface area contributed by atoms with Crippen LogP contribution in [-0.2, 0) is 14.3 Å². The van der Waals surface area contributed by atoms with E-state index in [2.05, 4.69) is 10.1 Å². The number of ketones is 1. The number of rotatable bonds is 6. The molecule has 0 aliphatic rings. The van der Waals surface area contributed by atoms with Crippen LogP contribution in [0.3, 0.4) is 0 Å². The summed E-state index contributed by atoms with van der Waals surface area (Å²) in [6, 6.07) is 4.74. The number of nitrogens with one attached hydrogen (secondary N) is 1. The van der Waals surface area contributed by atoms with E-state index in [1.54, 1.807) is 0 Å². The molecular formula is C14H17NO5. The topological polar surface area (TPSA) is 92.7 Å². The van der Waals surface area contributed by atoms with E-state index >= 15 is 0 Å². The molecule has 1 aromatic rings. The Morgan fingerprint density at radius 2 is 1.85 bits per heavy atom. The quantitative estimate of drug-likeness (QED) is 0.759. The molecule has 0 aliphatic heterocycles. The minimum atomic E-state index is -0.870. The molecule has 1 rings (SSSR count). The molecule has 0 saturated carbocycles. The summed E-state index contributed by atoms with van der Waals surface area (Å²) >= 11 is 0. The number of Topliss-reactive ketones (excluding diaryl/α,β-unsaturated/α-hetero) is 1. The number of carbonyl (C=O) groups is 3. The molecule has 108 valence electrons. The van der Waals surface area contributed by atoms with E-state index in [9.17, 15) is 14.4 Å². The summed E-state index contributed by atoms with van der Waals surface area (Å²) in [5, 5.41) is 11.7. The van der Waals surface area contributed by atoms with Gasteiger partial charge in [-0.25, -0.2) is 4.79 Å². The Labute approximate surface area is 116 Å². The van der Waals surface area contributed by atoms with Gasteiger partial charge in [-0.15, -0.1) is 0 Å². The predicted octanol–water partition coefficient (Wildman–Crippen LogP) is 1.03. The van der Waals surface area contributed by atoms with Crippen molar-refractivity contribution in [3.8, 4) is 5.75 Å². The summed E-state index contributed by atoms with van der Waals surface area (Å²) in [6.45, 7) is 1.41. The van der Waals surface area contributed by atoms with Gasteiger partial charge >= 0.3 is 5.97 Å². The van der Waals surface area contributed by atoms with Crippen molar-refractivity contribution in [1.82, 2.24) is 5.32 Å². The lowest BCUT2D eigenvalue weighted by molar-refractivity contribution is -0.143. The van der Waals surface area contributed by atoms with Gasteiger partial charge in [-0.1, -0.05) is 0 Å². The third-order valence-electron chi connectivity index (χ3n) is 2.71. The molecule has 6 nitrogen and oxygen atoms in total. The molecule has 0 radical (unpaired) electrons. The van der Waals surface area contributed by atoms with Gasteiger partial charge in [0.2, 0.25) is 0 Å². The van der Waals surface area contributed by atoms with Crippen LogP contribution in [0, 0.1) is 0 Å². The number of phenols is 1. The average Bonchev–Trinajstić information content (AvgIpc) is 2.42. The Morgan fingerprint density at radius 1 is 1.25 bits per heavy atom. The number of carbonyl (C=O) groups excluding carboxylic acids is 3. The Hall–Kier alpha value is -2.37. The molecule has 1 atom stereocenters. The van der Waals surface area contributed by atoms with Crippen molar-refractivity contribution >= 4 is 17.7 Å². The van der Waals surface area contributed by atoms with Crippen LogP contribution in [0.1, 0.15) is 30.1 Å². The molecule has 0 unspecified atom stereocenters. The maximum atomic E-state index is 11.9. The average molecular weight is 279 g/mol. The second kappa shape index (κ2) is 7.28. The van der Waals surface area contributed by atoms with E-state index in [0.717, 1.165) is 0 Å². The highest BCUT2D eigenvalue weighted by atomic mass is 16.5. The first-order valence-electron chi connectivity index (χ1n) is 6.11. The molecular weight excluding hydrogens is 262 g/mol. The Bertz CT molecular complexity index is 495. The Balaban J connectivity index is 2.72. The molecule has 2 N–H and O–H groups in total. The molecule has 0 fully saturated rings. The van der Waals surface area contributed by atoms with E-state index in [1.165, 1.54) is 38.3 Å². The molecule has 0 aliphatic carbocycles. The zero-order valence-corrected chi connectivity index (χ0v) is 11.4. The highest BCUT2D eigenvalue weighted by Crippen LogP contribution is 2.10. The van der Waals surface area contributed by atoms with Crippen LogP contribution >= 0.6 is 0 Å². The van der Waals surface area contributed by atoms with Gasteiger partial charge in [0, 0.05) is 12.0 Å². The lowest BCUT2D eigenvalue weighted by atomic mass is 10.1. The number of aromatic hydroxyl groups is 1. The van der Waals surface area contributed by atoms with Gasteiger partial charge in [0.1, 0.15) is 17.6 Å². The summed E-state index contributed by atoms with van der Waals surface area (Å²) in [4.78, 5) is 34.5.